The van der Waals surface area contributed by atoms with Crippen LogP contribution in [0.1, 0.15) is 5.56 Å². The molecule has 0 aliphatic rings. The summed E-state index contributed by atoms with van der Waals surface area (Å²) in [5.74, 6) is 1.36. The molecule has 0 spiro atoms. The summed E-state index contributed by atoms with van der Waals surface area (Å²) in [5.41, 5.74) is 1.02. The van der Waals surface area contributed by atoms with Gasteiger partial charge >= 0.3 is 0 Å². The molecule has 2 aromatic rings. The normalized spacial score (nSPS) is 9.95. The molecule has 1 N–H and O–H groups in total. The highest BCUT2D eigenvalue weighted by atomic mass is 16.6. The van der Waals surface area contributed by atoms with Crippen LogP contribution in [0.2, 0.25) is 0 Å². The average molecular weight is 259 g/mol. The molecule has 0 aliphatic carbocycles. The zero-order valence-electron chi connectivity index (χ0n) is 10.4. The van der Waals surface area contributed by atoms with Crippen LogP contribution in [0.15, 0.2) is 42.6 Å². The Morgan fingerprint density at radius 2 is 2.05 bits per heavy atom. The molecule has 0 bridgehead atoms. The number of non-ortho nitro benzene ring substituents is 1. The van der Waals surface area contributed by atoms with E-state index >= 15 is 0 Å². The Hall–Kier alpha value is -2.63. The first kappa shape index (κ1) is 12.8. The maximum Gasteiger partial charge on any atom is 0.269 e. The summed E-state index contributed by atoms with van der Waals surface area (Å²) < 4.78 is 5.55. The van der Waals surface area contributed by atoms with E-state index in [1.807, 2.05) is 12.1 Å². The lowest BCUT2D eigenvalue weighted by molar-refractivity contribution is -0.384. The lowest BCUT2D eigenvalue weighted by atomic mass is 10.2. The van der Waals surface area contributed by atoms with Crippen molar-refractivity contribution in [2.75, 3.05) is 12.4 Å². The largest absolute Gasteiger partial charge is 0.489 e. The van der Waals surface area contributed by atoms with Gasteiger partial charge in [0.05, 0.1) is 4.92 Å². The molecule has 0 radical (unpaired) electrons. The number of pyridine rings is 1. The fourth-order valence-electron chi connectivity index (χ4n) is 1.53. The van der Waals surface area contributed by atoms with E-state index in [4.69, 9.17) is 4.74 Å². The predicted molar refractivity (Wildman–Crippen MR) is 71.2 cm³/mol. The summed E-state index contributed by atoms with van der Waals surface area (Å²) >= 11 is 0. The predicted octanol–water partition coefficient (Wildman–Crippen LogP) is 2.61. The van der Waals surface area contributed by atoms with Crippen molar-refractivity contribution in [2.24, 2.45) is 0 Å². The van der Waals surface area contributed by atoms with Crippen LogP contribution in [-0.2, 0) is 6.61 Å². The summed E-state index contributed by atoms with van der Waals surface area (Å²) in [6.07, 6.45) is 1.69. The summed E-state index contributed by atoms with van der Waals surface area (Å²) in [6, 6.07) is 9.73. The van der Waals surface area contributed by atoms with Crippen molar-refractivity contribution in [3.05, 3.63) is 58.3 Å². The molecule has 2 rings (SSSR count). The molecular formula is C13H13N3O3. The highest BCUT2D eigenvalue weighted by Crippen LogP contribution is 2.18. The first-order valence-corrected chi connectivity index (χ1v) is 5.69. The zero-order valence-corrected chi connectivity index (χ0v) is 10.4. The lowest BCUT2D eigenvalue weighted by Gasteiger charge is -2.07. The molecule has 1 aromatic carbocycles. The van der Waals surface area contributed by atoms with Gasteiger partial charge in [0.2, 0.25) is 0 Å². The van der Waals surface area contributed by atoms with Gasteiger partial charge in [0, 0.05) is 25.4 Å². The van der Waals surface area contributed by atoms with Gasteiger partial charge < -0.3 is 10.1 Å². The van der Waals surface area contributed by atoms with Gasteiger partial charge in [0.15, 0.2) is 0 Å². The number of ether oxygens (including phenoxy) is 1. The summed E-state index contributed by atoms with van der Waals surface area (Å²) in [7, 11) is 1.79. The maximum atomic E-state index is 10.5. The van der Waals surface area contributed by atoms with Crippen molar-refractivity contribution in [2.45, 2.75) is 6.61 Å². The van der Waals surface area contributed by atoms with Crippen molar-refractivity contribution in [1.82, 2.24) is 4.98 Å². The van der Waals surface area contributed by atoms with Crippen LogP contribution in [0.3, 0.4) is 0 Å². The summed E-state index contributed by atoms with van der Waals surface area (Å²) in [6.45, 7) is 0.384. The van der Waals surface area contributed by atoms with Crippen LogP contribution >= 0.6 is 0 Å². The van der Waals surface area contributed by atoms with Crippen LogP contribution in [0, 0.1) is 10.1 Å². The Labute approximate surface area is 110 Å². The molecular weight excluding hydrogens is 246 g/mol. The smallest absolute Gasteiger partial charge is 0.269 e. The Balaban J connectivity index is 1.99. The zero-order chi connectivity index (χ0) is 13.7. The van der Waals surface area contributed by atoms with Crippen LogP contribution < -0.4 is 10.1 Å². The minimum atomic E-state index is -0.439. The van der Waals surface area contributed by atoms with E-state index in [2.05, 4.69) is 10.3 Å². The minimum absolute atomic E-state index is 0.0498. The maximum absolute atomic E-state index is 10.5. The fourth-order valence-corrected chi connectivity index (χ4v) is 1.53. The molecule has 6 nitrogen and oxygen atoms in total. The number of rotatable bonds is 5. The molecule has 0 saturated carbocycles. The van der Waals surface area contributed by atoms with Gasteiger partial charge in [-0.25, -0.2) is 4.98 Å². The number of hydrogen-bond donors (Lipinski definition) is 1. The molecule has 6 heteroatoms. The number of nitro benzene ring substituents is 1. The first-order chi connectivity index (χ1) is 9.19. The molecule has 98 valence electrons. The Kier molecular flexibility index (Phi) is 3.92. The van der Waals surface area contributed by atoms with E-state index in [0.29, 0.717) is 12.4 Å². The summed E-state index contributed by atoms with van der Waals surface area (Å²) in [5, 5.41) is 13.5. The molecule has 19 heavy (non-hydrogen) atoms. The number of nitro groups is 1. The van der Waals surface area contributed by atoms with Crippen molar-refractivity contribution < 1.29 is 9.66 Å². The second kappa shape index (κ2) is 5.81. The molecule has 0 atom stereocenters. The first-order valence-electron chi connectivity index (χ1n) is 5.69. The van der Waals surface area contributed by atoms with Crippen molar-refractivity contribution in [3.8, 4) is 5.75 Å². The van der Waals surface area contributed by atoms with E-state index in [9.17, 15) is 10.1 Å². The van der Waals surface area contributed by atoms with Crippen LogP contribution in [0.4, 0.5) is 11.5 Å². The standard InChI is InChI=1S/C13H13N3O3/c1-14-13-8-10(6-7-15-13)9-19-12-4-2-11(3-5-12)16(17)18/h2-8H,9H2,1H3,(H,14,15). The van der Waals surface area contributed by atoms with Crippen LogP contribution in [0.5, 0.6) is 5.75 Å². The van der Waals surface area contributed by atoms with E-state index in [1.54, 1.807) is 25.4 Å². The average Bonchev–Trinajstić information content (AvgIpc) is 2.46. The highest BCUT2D eigenvalue weighted by Gasteiger charge is 2.04. The van der Waals surface area contributed by atoms with Crippen molar-refractivity contribution >= 4 is 11.5 Å². The van der Waals surface area contributed by atoms with Gasteiger partial charge in [-0.15, -0.1) is 0 Å². The number of benzene rings is 1. The Bertz CT molecular complexity index is 570. The number of nitrogens with zero attached hydrogens (tertiary/aromatic N) is 2. The quantitative estimate of drug-likeness (QED) is 0.659. The monoisotopic (exact) mass is 259 g/mol. The van der Waals surface area contributed by atoms with Gasteiger partial charge in [0.25, 0.3) is 5.69 Å². The molecule has 0 fully saturated rings. The number of anilines is 1. The second-order valence-corrected chi connectivity index (χ2v) is 3.84. The van der Waals surface area contributed by atoms with Crippen LogP contribution in [0.25, 0.3) is 0 Å². The van der Waals surface area contributed by atoms with Gasteiger partial charge in [0.1, 0.15) is 18.2 Å². The topological polar surface area (TPSA) is 77.3 Å². The Morgan fingerprint density at radius 3 is 2.68 bits per heavy atom. The molecule has 0 amide bonds. The minimum Gasteiger partial charge on any atom is -0.489 e. The van der Waals surface area contributed by atoms with Crippen molar-refractivity contribution in [3.63, 3.8) is 0 Å². The van der Waals surface area contributed by atoms with E-state index in [0.717, 1.165) is 11.4 Å². The lowest BCUT2D eigenvalue weighted by Crippen LogP contribution is -1.98. The number of hydrogen-bond acceptors (Lipinski definition) is 5. The molecule has 0 unspecified atom stereocenters. The van der Waals surface area contributed by atoms with Crippen LogP contribution in [-0.4, -0.2) is 17.0 Å². The van der Waals surface area contributed by atoms with Gasteiger partial charge in [-0.3, -0.25) is 10.1 Å². The third-order valence-corrected chi connectivity index (χ3v) is 2.53. The molecule has 1 aromatic heterocycles. The summed E-state index contributed by atoms with van der Waals surface area (Å²) in [4.78, 5) is 14.2. The second-order valence-electron chi connectivity index (χ2n) is 3.84. The van der Waals surface area contributed by atoms with E-state index < -0.39 is 4.92 Å². The molecule has 1 heterocycles. The number of aromatic nitrogens is 1. The highest BCUT2D eigenvalue weighted by molar-refractivity contribution is 5.38. The SMILES string of the molecule is CNc1cc(COc2ccc([N+](=O)[O-])cc2)ccn1. The molecule has 0 saturated heterocycles. The van der Waals surface area contributed by atoms with Gasteiger partial charge in [-0.1, -0.05) is 0 Å². The molecule has 0 aliphatic heterocycles. The van der Waals surface area contributed by atoms with Gasteiger partial charge in [-0.2, -0.15) is 0 Å². The van der Waals surface area contributed by atoms with E-state index in [-0.39, 0.29) is 5.69 Å². The van der Waals surface area contributed by atoms with Gasteiger partial charge in [-0.05, 0) is 29.8 Å². The fraction of sp³-hybridized carbons (Fsp3) is 0.154. The van der Waals surface area contributed by atoms with Crippen molar-refractivity contribution in [1.29, 1.82) is 0 Å². The Morgan fingerprint density at radius 1 is 1.32 bits per heavy atom. The third-order valence-electron chi connectivity index (χ3n) is 2.53. The van der Waals surface area contributed by atoms with E-state index in [1.165, 1.54) is 12.1 Å². The third kappa shape index (κ3) is 3.41. The number of nitrogens with one attached hydrogen (secondary N) is 1.